The molecule has 1 heterocycles. The average molecular weight is 410 g/mol. The molecule has 0 saturated carbocycles. The van der Waals surface area contributed by atoms with Crippen LogP contribution < -0.4 is 14.8 Å². The lowest BCUT2D eigenvalue weighted by Crippen LogP contribution is -2.12. The first-order chi connectivity index (χ1) is 12.5. The van der Waals surface area contributed by atoms with E-state index in [1.807, 2.05) is 6.07 Å². The van der Waals surface area contributed by atoms with Gasteiger partial charge >= 0.3 is 0 Å². The summed E-state index contributed by atoms with van der Waals surface area (Å²) in [6.45, 7) is 0. The minimum absolute atomic E-state index is 0.261. The van der Waals surface area contributed by atoms with Gasteiger partial charge in [-0.2, -0.15) is 0 Å². The summed E-state index contributed by atoms with van der Waals surface area (Å²) in [6.07, 6.45) is 0. The van der Waals surface area contributed by atoms with Gasteiger partial charge in [-0.05, 0) is 30.3 Å². The summed E-state index contributed by atoms with van der Waals surface area (Å²) in [4.78, 5) is 12.4. The number of anilines is 1. The molecule has 0 fully saturated rings. The first-order valence-corrected chi connectivity index (χ1v) is 8.91. The van der Waals surface area contributed by atoms with Crippen molar-refractivity contribution >= 4 is 45.6 Å². The van der Waals surface area contributed by atoms with E-state index >= 15 is 0 Å². The molecule has 134 valence electrons. The SMILES string of the molecule is COc1ccc(-c2nnc(NC(=O)c3ccc(Cl)cc3Cl)s2)c(OC)c1. The van der Waals surface area contributed by atoms with Crippen molar-refractivity contribution in [3.63, 3.8) is 0 Å². The highest BCUT2D eigenvalue weighted by atomic mass is 35.5. The van der Waals surface area contributed by atoms with E-state index in [1.165, 1.54) is 17.4 Å². The van der Waals surface area contributed by atoms with Gasteiger partial charge in [-0.3, -0.25) is 10.1 Å². The highest BCUT2D eigenvalue weighted by Crippen LogP contribution is 2.36. The van der Waals surface area contributed by atoms with Gasteiger partial charge in [0, 0.05) is 11.1 Å². The summed E-state index contributed by atoms with van der Waals surface area (Å²) in [5.41, 5.74) is 1.05. The van der Waals surface area contributed by atoms with Crippen LogP contribution in [-0.4, -0.2) is 30.3 Å². The van der Waals surface area contributed by atoms with Gasteiger partial charge in [-0.25, -0.2) is 0 Å². The maximum atomic E-state index is 12.4. The molecule has 0 bridgehead atoms. The quantitative estimate of drug-likeness (QED) is 0.655. The molecule has 9 heteroatoms. The molecule has 1 N–H and O–H groups in total. The molecule has 2 aromatic carbocycles. The third kappa shape index (κ3) is 3.90. The van der Waals surface area contributed by atoms with Crippen LogP contribution in [0, 0.1) is 0 Å². The maximum absolute atomic E-state index is 12.4. The highest BCUT2D eigenvalue weighted by Gasteiger charge is 2.16. The fourth-order valence-electron chi connectivity index (χ4n) is 2.20. The molecule has 6 nitrogen and oxygen atoms in total. The largest absolute Gasteiger partial charge is 0.497 e. The summed E-state index contributed by atoms with van der Waals surface area (Å²) in [5.74, 6) is 0.871. The zero-order valence-corrected chi connectivity index (χ0v) is 16.1. The fraction of sp³-hybridized carbons (Fsp3) is 0.118. The molecule has 0 aliphatic carbocycles. The monoisotopic (exact) mass is 409 g/mol. The Hall–Kier alpha value is -2.35. The lowest BCUT2D eigenvalue weighted by atomic mass is 10.2. The topological polar surface area (TPSA) is 73.3 Å². The molecule has 0 unspecified atom stereocenters. The number of nitrogens with one attached hydrogen (secondary N) is 1. The maximum Gasteiger partial charge on any atom is 0.259 e. The van der Waals surface area contributed by atoms with Crippen molar-refractivity contribution in [1.82, 2.24) is 10.2 Å². The molecule has 0 radical (unpaired) electrons. The number of nitrogens with zero attached hydrogens (tertiary/aromatic N) is 2. The van der Waals surface area contributed by atoms with Gasteiger partial charge in [0.05, 0.1) is 30.4 Å². The minimum Gasteiger partial charge on any atom is -0.497 e. The van der Waals surface area contributed by atoms with Crippen LogP contribution in [0.4, 0.5) is 5.13 Å². The second-order valence-corrected chi connectivity index (χ2v) is 6.88. The lowest BCUT2D eigenvalue weighted by Gasteiger charge is -2.07. The van der Waals surface area contributed by atoms with Gasteiger partial charge in [-0.15, -0.1) is 10.2 Å². The number of rotatable bonds is 5. The molecule has 1 aromatic heterocycles. The number of halogens is 2. The van der Waals surface area contributed by atoms with E-state index in [9.17, 15) is 4.79 Å². The number of ether oxygens (including phenoxy) is 2. The van der Waals surface area contributed by atoms with Crippen LogP contribution in [0.1, 0.15) is 10.4 Å². The van der Waals surface area contributed by atoms with Crippen LogP contribution in [0.15, 0.2) is 36.4 Å². The first-order valence-electron chi connectivity index (χ1n) is 7.34. The zero-order valence-electron chi connectivity index (χ0n) is 13.7. The Morgan fingerprint density at radius 1 is 1.08 bits per heavy atom. The van der Waals surface area contributed by atoms with E-state index in [-0.39, 0.29) is 5.02 Å². The molecule has 3 rings (SSSR count). The van der Waals surface area contributed by atoms with Crippen molar-refractivity contribution in [2.75, 3.05) is 19.5 Å². The Morgan fingerprint density at radius 2 is 1.88 bits per heavy atom. The van der Waals surface area contributed by atoms with Crippen LogP contribution in [0.25, 0.3) is 10.6 Å². The van der Waals surface area contributed by atoms with E-state index < -0.39 is 5.91 Å². The number of carbonyl (C=O) groups excluding carboxylic acids is 1. The van der Waals surface area contributed by atoms with Gasteiger partial charge in [0.2, 0.25) is 5.13 Å². The summed E-state index contributed by atoms with van der Waals surface area (Å²) >= 11 is 13.1. The average Bonchev–Trinajstić information content (AvgIpc) is 3.09. The van der Waals surface area contributed by atoms with Crippen LogP contribution in [0.5, 0.6) is 11.5 Å². The highest BCUT2D eigenvalue weighted by molar-refractivity contribution is 7.18. The minimum atomic E-state index is -0.393. The second kappa shape index (κ2) is 7.90. The fourth-order valence-corrected chi connectivity index (χ4v) is 3.46. The van der Waals surface area contributed by atoms with Crippen molar-refractivity contribution in [2.45, 2.75) is 0 Å². The Kier molecular flexibility index (Phi) is 5.61. The molecule has 3 aromatic rings. The smallest absolute Gasteiger partial charge is 0.259 e. The molecule has 0 saturated heterocycles. The number of aromatic nitrogens is 2. The standard InChI is InChI=1S/C17H13Cl2N3O3S/c1-24-10-4-6-12(14(8-10)25-2)16-21-22-17(26-16)20-15(23)11-5-3-9(18)7-13(11)19/h3-8H,1-2H3,(H,20,22,23). The van der Waals surface area contributed by atoms with Crippen molar-refractivity contribution in [3.8, 4) is 22.1 Å². The van der Waals surface area contributed by atoms with Crippen LogP contribution in [-0.2, 0) is 0 Å². The van der Waals surface area contributed by atoms with Crippen LogP contribution in [0.3, 0.4) is 0 Å². The molecule has 0 atom stereocenters. The Balaban J connectivity index is 1.83. The third-order valence-corrected chi connectivity index (χ3v) is 4.88. The van der Waals surface area contributed by atoms with Gasteiger partial charge in [-0.1, -0.05) is 34.5 Å². The number of methoxy groups -OCH3 is 2. The first kappa shape index (κ1) is 18.4. The van der Waals surface area contributed by atoms with Gasteiger partial charge < -0.3 is 9.47 Å². The predicted octanol–water partition coefficient (Wildman–Crippen LogP) is 4.78. The summed E-state index contributed by atoms with van der Waals surface area (Å²) in [6, 6.07) is 10.0. The van der Waals surface area contributed by atoms with Crippen molar-refractivity contribution in [2.24, 2.45) is 0 Å². The van der Waals surface area contributed by atoms with Crippen molar-refractivity contribution < 1.29 is 14.3 Å². The van der Waals surface area contributed by atoms with E-state index in [0.29, 0.717) is 32.2 Å². The van der Waals surface area contributed by atoms with E-state index in [4.69, 9.17) is 32.7 Å². The Morgan fingerprint density at radius 3 is 2.58 bits per heavy atom. The normalized spacial score (nSPS) is 10.5. The number of amides is 1. The van der Waals surface area contributed by atoms with Gasteiger partial charge in [0.1, 0.15) is 11.5 Å². The third-order valence-electron chi connectivity index (χ3n) is 3.46. The number of hydrogen-bond acceptors (Lipinski definition) is 6. The second-order valence-electron chi connectivity index (χ2n) is 5.06. The molecular formula is C17H13Cl2N3O3S. The van der Waals surface area contributed by atoms with Gasteiger partial charge in [0.15, 0.2) is 5.01 Å². The molecule has 26 heavy (non-hydrogen) atoms. The van der Waals surface area contributed by atoms with E-state index in [2.05, 4.69) is 15.5 Å². The summed E-state index contributed by atoms with van der Waals surface area (Å²) in [5, 5.41) is 12.5. The Bertz CT molecular complexity index is 962. The molecule has 1 amide bonds. The zero-order chi connectivity index (χ0) is 18.7. The summed E-state index contributed by atoms with van der Waals surface area (Å²) in [7, 11) is 3.14. The van der Waals surface area contributed by atoms with Gasteiger partial charge in [0.25, 0.3) is 5.91 Å². The lowest BCUT2D eigenvalue weighted by molar-refractivity contribution is 0.102. The van der Waals surface area contributed by atoms with Crippen molar-refractivity contribution in [1.29, 1.82) is 0 Å². The number of carbonyl (C=O) groups is 1. The molecule has 0 aliphatic rings. The predicted molar refractivity (Wildman–Crippen MR) is 103 cm³/mol. The molecule has 0 spiro atoms. The molecule has 0 aliphatic heterocycles. The summed E-state index contributed by atoms with van der Waals surface area (Å²) < 4.78 is 10.6. The Labute approximate surface area is 163 Å². The van der Waals surface area contributed by atoms with Crippen LogP contribution in [0.2, 0.25) is 10.0 Å². The van der Waals surface area contributed by atoms with Crippen LogP contribution >= 0.6 is 34.5 Å². The molecular weight excluding hydrogens is 397 g/mol. The van der Waals surface area contributed by atoms with E-state index in [1.54, 1.807) is 38.5 Å². The number of benzene rings is 2. The van der Waals surface area contributed by atoms with E-state index in [0.717, 1.165) is 5.56 Å². The van der Waals surface area contributed by atoms with Crippen molar-refractivity contribution in [3.05, 3.63) is 52.0 Å². The number of hydrogen-bond donors (Lipinski definition) is 1.